The Morgan fingerprint density at radius 1 is 1.47 bits per heavy atom. The van der Waals surface area contributed by atoms with Crippen molar-refractivity contribution in [3.05, 3.63) is 35.4 Å². The van der Waals surface area contributed by atoms with Gasteiger partial charge in [-0.25, -0.2) is 0 Å². The molecule has 3 heteroatoms. The summed E-state index contributed by atoms with van der Waals surface area (Å²) in [4.78, 5) is 10.9. The van der Waals surface area contributed by atoms with Gasteiger partial charge in [-0.1, -0.05) is 38.1 Å². The molecule has 2 N–H and O–H groups in total. The van der Waals surface area contributed by atoms with Gasteiger partial charge in [0.05, 0.1) is 5.92 Å². The van der Waals surface area contributed by atoms with E-state index in [9.17, 15) is 4.79 Å². The second-order valence-electron chi connectivity index (χ2n) is 5.06. The molecule has 92 valence electrons. The van der Waals surface area contributed by atoms with Crippen LogP contribution >= 0.6 is 0 Å². The van der Waals surface area contributed by atoms with E-state index in [1.165, 1.54) is 11.1 Å². The number of rotatable bonds is 3. The van der Waals surface area contributed by atoms with E-state index >= 15 is 0 Å². The summed E-state index contributed by atoms with van der Waals surface area (Å²) in [5.74, 6) is -0.436. The molecule has 0 saturated carbocycles. The van der Waals surface area contributed by atoms with Gasteiger partial charge in [0.2, 0.25) is 0 Å². The van der Waals surface area contributed by atoms with Crippen molar-refractivity contribution in [2.45, 2.75) is 32.2 Å². The molecule has 0 aliphatic carbocycles. The molecule has 1 heterocycles. The van der Waals surface area contributed by atoms with Crippen LogP contribution in [0.5, 0.6) is 0 Å². The van der Waals surface area contributed by atoms with Crippen LogP contribution in [-0.2, 0) is 4.79 Å². The number of nitrogens with one attached hydrogen (secondary N) is 1. The lowest BCUT2D eigenvalue weighted by Crippen LogP contribution is -2.17. The van der Waals surface area contributed by atoms with Gasteiger partial charge in [0.25, 0.3) is 0 Å². The Kier molecular flexibility index (Phi) is 3.48. The van der Waals surface area contributed by atoms with Crippen LogP contribution in [-0.4, -0.2) is 17.6 Å². The first kappa shape index (κ1) is 12.1. The molecule has 1 aliphatic heterocycles. The molecular formula is C14H19NO2. The minimum atomic E-state index is -0.694. The number of aliphatic carboxylic acids is 1. The summed E-state index contributed by atoms with van der Waals surface area (Å²) < 4.78 is 0. The molecule has 1 saturated heterocycles. The van der Waals surface area contributed by atoms with Gasteiger partial charge in [0.15, 0.2) is 0 Å². The fourth-order valence-corrected chi connectivity index (χ4v) is 2.31. The lowest BCUT2D eigenvalue weighted by atomic mass is 9.95. The van der Waals surface area contributed by atoms with Gasteiger partial charge in [0, 0.05) is 12.6 Å². The Morgan fingerprint density at radius 3 is 2.82 bits per heavy atom. The van der Waals surface area contributed by atoms with Crippen LogP contribution in [0.4, 0.5) is 0 Å². The zero-order valence-electron chi connectivity index (χ0n) is 10.3. The fraction of sp³-hybridized carbons (Fsp3) is 0.500. The Morgan fingerprint density at radius 2 is 2.24 bits per heavy atom. The summed E-state index contributed by atoms with van der Waals surface area (Å²) in [5, 5.41) is 12.3. The molecular weight excluding hydrogens is 214 g/mol. The van der Waals surface area contributed by atoms with E-state index < -0.39 is 5.97 Å². The normalized spacial score (nSPS) is 24.2. The predicted octanol–water partition coefficient (Wildman–Crippen LogP) is 2.55. The number of benzene rings is 1. The molecule has 2 unspecified atom stereocenters. The Hall–Kier alpha value is -1.35. The number of carboxylic acids is 1. The monoisotopic (exact) mass is 233 g/mol. The van der Waals surface area contributed by atoms with E-state index in [0.717, 1.165) is 0 Å². The van der Waals surface area contributed by atoms with E-state index in [1.54, 1.807) is 0 Å². The van der Waals surface area contributed by atoms with E-state index in [2.05, 4.69) is 43.4 Å². The predicted molar refractivity (Wildman–Crippen MR) is 67.0 cm³/mol. The standard InChI is InChI=1S/C14H19NO2/c1-9(2)10-4-3-5-11(6-10)13-7-12(8-15-13)14(16)17/h3-6,9,12-13,15H,7-8H2,1-2H3,(H,16,17). The van der Waals surface area contributed by atoms with Crippen molar-refractivity contribution in [1.82, 2.24) is 5.32 Å². The molecule has 0 bridgehead atoms. The molecule has 3 nitrogen and oxygen atoms in total. The van der Waals surface area contributed by atoms with Crippen LogP contribution < -0.4 is 5.32 Å². The first-order valence-corrected chi connectivity index (χ1v) is 6.14. The Bertz CT molecular complexity index is 414. The largest absolute Gasteiger partial charge is 0.481 e. The Balaban J connectivity index is 2.13. The van der Waals surface area contributed by atoms with Crippen LogP contribution in [0.2, 0.25) is 0 Å². The molecule has 1 aromatic carbocycles. The molecule has 2 atom stereocenters. The topological polar surface area (TPSA) is 49.3 Å². The lowest BCUT2D eigenvalue weighted by Gasteiger charge is -2.13. The maximum Gasteiger partial charge on any atom is 0.307 e. The van der Waals surface area contributed by atoms with Crippen LogP contribution in [0.15, 0.2) is 24.3 Å². The molecule has 0 amide bonds. The summed E-state index contributed by atoms with van der Waals surface area (Å²) in [6, 6.07) is 8.63. The Labute approximate surface area is 102 Å². The van der Waals surface area contributed by atoms with Gasteiger partial charge >= 0.3 is 5.97 Å². The summed E-state index contributed by atoms with van der Waals surface area (Å²) in [6.07, 6.45) is 0.691. The minimum absolute atomic E-state index is 0.190. The van der Waals surface area contributed by atoms with Crippen molar-refractivity contribution in [3.8, 4) is 0 Å². The summed E-state index contributed by atoms with van der Waals surface area (Å²) in [7, 11) is 0. The highest BCUT2D eigenvalue weighted by Gasteiger charge is 2.30. The van der Waals surface area contributed by atoms with Crippen LogP contribution in [0.25, 0.3) is 0 Å². The molecule has 1 aromatic rings. The van der Waals surface area contributed by atoms with E-state index in [4.69, 9.17) is 5.11 Å². The highest BCUT2D eigenvalue weighted by atomic mass is 16.4. The summed E-state index contributed by atoms with van der Waals surface area (Å²) in [6.45, 7) is 4.91. The van der Waals surface area contributed by atoms with Gasteiger partial charge in [-0.15, -0.1) is 0 Å². The first-order chi connectivity index (χ1) is 8.08. The number of hydrogen-bond acceptors (Lipinski definition) is 2. The molecule has 1 fully saturated rings. The maximum atomic E-state index is 10.9. The van der Waals surface area contributed by atoms with Crippen LogP contribution in [0.3, 0.4) is 0 Å². The minimum Gasteiger partial charge on any atom is -0.481 e. The quantitative estimate of drug-likeness (QED) is 0.843. The van der Waals surface area contributed by atoms with Gasteiger partial charge < -0.3 is 10.4 Å². The van der Waals surface area contributed by atoms with Crippen molar-refractivity contribution in [2.75, 3.05) is 6.54 Å². The molecule has 0 spiro atoms. The zero-order valence-corrected chi connectivity index (χ0v) is 10.3. The van der Waals surface area contributed by atoms with E-state index in [0.29, 0.717) is 18.9 Å². The van der Waals surface area contributed by atoms with Gasteiger partial charge in [-0.2, -0.15) is 0 Å². The fourth-order valence-electron chi connectivity index (χ4n) is 2.31. The van der Waals surface area contributed by atoms with Crippen molar-refractivity contribution in [1.29, 1.82) is 0 Å². The van der Waals surface area contributed by atoms with Crippen molar-refractivity contribution in [3.63, 3.8) is 0 Å². The maximum absolute atomic E-state index is 10.9. The van der Waals surface area contributed by atoms with Gasteiger partial charge in [-0.05, 0) is 23.5 Å². The highest BCUT2D eigenvalue weighted by molar-refractivity contribution is 5.70. The van der Waals surface area contributed by atoms with Crippen molar-refractivity contribution in [2.24, 2.45) is 5.92 Å². The first-order valence-electron chi connectivity index (χ1n) is 6.14. The van der Waals surface area contributed by atoms with E-state index in [-0.39, 0.29) is 12.0 Å². The third kappa shape index (κ3) is 2.67. The third-order valence-corrected chi connectivity index (χ3v) is 3.46. The highest BCUT2D eigenvalue weighted by Crippen LogP contribution is 2.29. The smallest absolute Gasteiger partial charge is 0.307 e. The van der Waals surface area contributed by atoms with Gasteiger partial charge in [-0.3, -0.25) is 4.79 Å². The number of carbonyl (C=O) groups is 1. The summed E-state index contributed by atoms with van der Waals surface area (Å²) in [5.41, 5.74) is 2.52. The molecule has 0 radical (unpaired) electrons. The summed E-state index contributed by atoms with van der Waals surface area (Å²) >= 11 is 0. The molecule has 2 rings (SSSR count). The lowest BCUT2D eigenvalue weighted by molar-refractivity contribution is -0.141. The SMILES string of the molecule is CC(C)c1cccc(C2CC(C(=O)O)CN2)c1. The second-order valence-corrected chi connectivity index (χ2v) is 5.06. The van der Waals surface area contributed by atoms with Crippen molar-refractivity contribution < 1.29 is 9.90 Å². The van der Waals surface area contributed by atoms with Crippen LogP contribution in [0, 0.1) is 5.92 Å². The van der Waals surface area contributed by atoms with Crippen LogP contribution in [0.1, 0.15) is 43.4 Å². The zero-order chi connectivity index (χ0) is 12.4. The van der Waals surface area contributed by atoms with Gasteiger partial charge in [0.1, 0.15) is 0 Å². The molecule has 17 heavy (non-hydrogen) atoms. The number of carboxylic acid groups (broad SMARTS) is 1. The second kappa shape index (κ2) is 4.88. The van der Waals surface area contributed by atoms with E-state index in [1.807, 2.05) is 0 Å². The number of hydrogen-bond donors (Lipinski definition) is 2. The molecule has 0 aromatic heterocycles. The third-order valence-electron chi connectivity index (χ3n) is 3.46. The molecule has 1 aliphatic rings. The average molecular weight is 233 g/mol. The average Bonchev–Trinajstić information content (AvgIpc) is 2.78. The van der Waals surface area contributed by atoms with Crippen molar-refractivity contribution >= 4 is 5.97 Å².